The minimum absolute atomic E-state index is 0.192. The van der Waals surface area contributed by atoms with Crippen LogP contribution in [-0.4, -0.2) is 35.4 Å². The molecule has 5 nitrogen and oxygen atoms in total. The van der Waals surface area contributed by atoms with Crippen molar-refractivity contribution in [2.75, 3.05) is 19.8 Å². The molecule has 3 rings (SSSR count). The number of hydrogen-bond donors (Lipinski definition) is 0. The van der Waals surface area contributed by atoms with Crippen LogP contribution in [-0.2, 0) is 9.47 Å². The Kier molecular flexibility index (Phi) is 4.87. The van der Waals surface area contributed by atoms with Gasteiger partial charge in [-0.15, -0.1) is 0 Å². The fourth-order valence-electron chi connectivity index (χ4n) is 3.32. The van der Waals surface area contributed by atoms with Gasteiger partial charge < -0.3 is 9.47 Å². The van der Waals surface area contributed by atoms with Gasteiger partial charge in [0.25, 0.3) is 0 Å². The lowest BCUT2D eigenvalue weighted by Gasteiger charge is -2.27. The van der Waals surface area contributed by atoms with E-state index >= 15 is 0 Å². The molecule has 1 aliphatic rings. The first-order valence-electron chi connectivity index (χ1n) is 8.05. The zero-order valence-corrected chi connectivity index (χ0v) is 14.2. The second kappa shape index (κ2) is 6.89. The number of ether oxygens (including phenoxy) is 2. The molecule has 2 aromatic rings. The molecule has 1 unspecified atom stereocenters. The quantitative estimate of drug-likeness (QED) is 0.799. The van der Waals surface area contributed by atoms with E-state index in [9.17, 15) is 4.79 Å². The van der Waals surface area contributed by atoms with Crippen molar-refractivity contribution in [2.45, 2.75) is 32.6 Å². The number of carbonyl (C=O) groups excluding carboxylic acids is 1. The summed E-state index contributed by atoms with van der Waals surface area (Å²) in [4.78, 5) is 12.3. The number of esters is 1. The Morgan fingerprint density at radius 1 is 1.52 bits per heavy atom. The number of hydrogen-bond acceptors (Lipinski definition) is 4. The highest BCUT2D eigenvalue weighted by molar-refractivity contribution is 6.35. The standard InChI is InChI=1S/C17H21ClN2O3/c1-3-23-17(21)14-13-5-4-8-19-20(13)16(15(14)18)11(2)12-6-9-22-10-7-12/h4-5,8,11-12H,3,6-7,9-10H2,1-2H3. The van der Waals surface area contributed by atoms with Crippen LogP contribution in [0.3, 0.4) is 0 Å². The van der Waals surface area contributed by atoms with Gasteiger partial charge in [-0.25, -0.2) is 9.31 Å². The molecule has 0 radical (unpaired) electrons. The molecule has 1 atom stereocenters. The lowest BCUT2D eigenvalue weighted by molar-refractivity contribution is 0.0528. The van der Waals surface area contributed by atoms with Crippen molar-refractivity contribution in [2.24, 2.45) is 5.92 Å². The Balaban J connectivity index is 2.09. The molecule has 1 aliphatic heterocycles. The smallest absolute Gasteiger partial charge is 0.341 e. The Bertz CT molecular complexity index is 707. The summed E-state index contributed by atoms with van der Waals surface area (Å²) in [6.45, 7) is 5.79. The van der Waals surface area contributed by atoms with Crippen LogP contribution in [0, 0.1) is 5.92 Å². The minimum atomic E-state index is -0.395. The average molecular weight is 337 g/mol. The van der Waals surface area contributed by atoms with Crippen LogP contribution in [0.2, 0.25) is 5.02 Å². The molecule has 0 bridgehead atoms. The van der Waals surface area contributed by atoms with Gasteiger partial charge in [-0.2, -0.15) is 5.10 Å². The molecule has 23 heavy (non-hydrogen) atoms. The molecule has 0 aromatic carbocycles. The van der Waals surface area contributed by atoms with Crippen LogP contribution in [0.15, 0.2) is 18.3 Å². The largest absolute Gasteiger partial charge is 0.462 e. The predicted octanol–water partition coefficient (Wildman–Crippen LogP) is 3.69. The summed E-state index contributed by atoms with van der Waals surface area (Å²) in [5.74, 6) is 0.266. The number of carbonyl (C=O) groups is 1. The summed E-state index contributed by atoms with van der Waals surface area (Å²) < 4.78 is 12.4. The van der Waals surface area contributed by atoms with E-state index in [-0.39, 0.29) is 5.92 Å². The Labute approximate surface area is 140 Å². The van der Waals surface area contributed by atoms with Crippen molar-refractivity contribution in [1.82, 2.24) is 9.61 Å². The molecule has 1 fully saturated rings. The summed E-state index contributed by atoms with van der Waals surface area (Å²) in [5, 5.41) is 4.87. The maximum absolute atomic E-state index is 12.3. The summed E-state index contributed by atoms with van der Waals surface area (Å²) in [6.07, 6.45) is 3.69. The van der Waals surface area contributed by atoms with Crippen molar-refractivity contribution in [3.8, 4) is 0 Å². The maximum Gasteiger partial charge on any atom is 0.341 e. The van der Waals surface area contributed by atoms with Gasteiger partial charge in [-0.05, 0) is 37.8 Å². The second-order valence-corrected chi connectivity index (χ2v) is 6.23. The molecule has 3 heterocycles. The zero-order chi connectivity index (χ0) is 16.4. The number of halogens is 1. The molecule has 1 saturated heterocycles. The van der Waals surface area contributed by atoms with Gasteiger partial charge in [0.05, 0.1) is 22.8 Å². The maximum atomic E-state index is 12.3. The number of aromatic nitrogens is 2. The van der Waals surface area contributed by atoms with Crippen LogP contribution < -0.4 is 0 Å². The normalized spacial score (nSPS) is 17.3. The van der Waals surface area contributed by atoms with E-state index in [1.165, 1.54) is 0 Å². The second-order valence-electron chi connectivity index (χ2n) is 5.85. The van der Waals surface area contributed by atoms with Crippen molar-refractivity contribution < 1.29 is 14.3 Å². The number of nitrogens with zero attached hydrogens (tertiary/aromatic N) is 2. The van der Waals surface area contributed by atoms with Crippen LogP contribution in [0.4, 0.5) is 0 Å². The fraction of sp³-hybridized carbons (Fsp3) is 0.529. The van der Waals surface area contributed by atoms with E-state index < -0.39 is 5.97 Å². The predicted molar refractivity (Wildman–Crippen MR) is 88.1 cm³/mol. The highest BCUT2D eigenvalue weighted by atomic mass is 35.5. The van der Waals surface area contributed by atoms with Gasteiger partial charge in [0, 0.05) is 25.3 Å². The van der Waals surface area contributed by atoms with Crippen molar-refractivity contribution in [3.05, 3.63) is 34.6 Å². The number of rotatable bonds is 4. The van der Waals surface area contributed by atoms with E-state index in [0.717, 1.165) is 31.7 Å². The van der Waals surface area contributed by atoms with Crippen molar-refractivity contribution in [1.29, 1.82) is 0 Å². The third kappa shape index (κ3) is 2.95. The highest BCUT2D eigenvalue weighted by Gasteiger charge is 2.31. The summed E-state index contributed by atoms with van der Waals surface area (Å²) in [6, 6.07) is 3.66. The van der Waals surface area contributed by atoms with Gasteiger partial charge >= 0.3 is 5.97 Å². The van der Waals surface area contributed by atoms with Gasteiger partial charge in [-0.1, -0.05) is 18.5 Å². The lowest BCUT2D eigenvalue weighted by Crippen LogP contribution is -2.21. The van der Waals surface area contributed by atoms with E-state index in [0.29, 0.717) is 28.6 Å². The third-order valence-electron chi connectivity index (χ3n) is 4.56. The van der Waals surface area contributed by atoms with Gasteiger partial charge in [0.1, 0.15) is 5.56 Å². The summed E-state index contributed by atoms with van der Waals surface area (Å²) >= 11 is 6.60. The minimum Gasteiger partial charge on any atom is -0.462 e. The van der Waals surface area contributed by atoms with Gasteiger partial charge in [-0.3, -0.25) is 0 Å². The molecule has 0 spiro atoms. The van der Waals surface area contributed by atoms with E-state index in [1.807, 2.05) is 6.07 Å². The van der Waals surface area contributed by atoms with Crippen LogP contribution in [0.25, 0.3) is 5.52 Å². The molecule has 6 heteroatoms. The number of fused-ring (bicyclic) bond motifs is 1. The molecule has 0 N–H and O–H groups in total. The van der Waals surface area contributed by atoms with Crippen LogP contribution >= 0.6 is 11.6 Å². The Morgan fingerprint density at radius 3 is 2.96 bits per heavy atom. The van der Waals surface area contributed by atoms with Crippen LogP contribution in [0.1, 0.15) is 48.7 Å². The first-order chi connectivity index (χ1) is 11.1. The Morgan fingerprint density at radius 2 is 2.26 bits per heavy atom. The molecule has 0 saturated carbocycles. The first-order valence-corrected chi connectivity index (χ1v) is 8.42. The average Bonchev–Trinajstić information content (AvgIpc) is 2.87. The summed E-state index contributed by atoms with van der Waals surface area (Å²) in [7, 11) is 0. The fourth-order valence-corrected chi connectivity index (χ4v) is 3.74. The molecule has 0 amide bonds. The molecule has 2 aromatic heterocycles. The highest BCUT2D eigenvalue weighted by Crippen LogP contribution is 2.39. The SMILES string of the molecule is CCOC(=O)c1c(Cl)c(C(C)C2CCOCC2)n2ncccc12. The molecule has 124 valence electrons. The lowest BCUT2D eigenvalue weighted by atomic mass is 9.85. The van der Waals surface area contributed by atoms with E-state index in [1.54, 1.807) is 23.7 Å². The molecular formula is C17H21ClN2O3. The Hall–Kier alpha value is -1.59. The summed E-state index contributed by atoms with van der Waals surface area (Å²) in [5.41, 5.74) is 2.00. The first kappa shape index (κ1) is 16.3. The van der Waals surface area contributed by atoms with Crippen molar-refractivity contribution >= 4 is 23.1 Å². The van der Waals surface area contributed by atoms with Crippen LogP contribution in [0.5, 0.6) is 0 Å². The van der Waals surface area contributed by atoms with E-state index in [4.69, 9.17) is 21.1 Å². The van der Waals surface area contributed by atoms with Gasteiger partial charge in [0.2, 0.25) is 0 Å². The van der Waals surface area contributed by atoms with E-state index in [2.05, 4.69) is 12.0 Å². The zero-order valence-electron chi connectivity index (χ0n) is 13.4. The van der Waals surface area contributed by atoms with Gasteiger partial charge in [0.15, 0.2) is 0 Å². The monoisotopic (exact) mass is 336 g/mol. The molecular weight excluding hydrogens is 316 g/mol. The third-order valence-corrected chi connectivity index (χ3v) is 4.95. The molecule has 0 aliphatic carbocycles. The van der Waals surface area contributed by atoms with Crippen molar-refractivity contribution in [3.63, 3.8) is 0 Å². The topological polar surface area (TPSA) is 52.8 Å².